The van der Waals surface area contributed by atoms with E-state index in [0.29, 0.717) is 11.8 Å². The van der Waals surface area contributed by atoms with Gasteiger partial charge in [0, 0.05) is 25.4 Å². The van der Waals surface area contributed by atoms with Gasteiger partial charge in [-0.2, -0.15) is 0 Å². The van der Waals surface area contributed by atoms with Crippen LogP contribution in [0.1, 0.15) is 32.1 Å². The highest BCUT2D eigenvalue weighted by Gasteiger charge is 2.36. The van der Waals surface area contributed by atoms with E-state index in [1.54, 1.807) is 0 Å². The first kappa shape index (κ1) is 13.0. The van der Waals surface area contributed by atoms with Crippen molar-refractivity contribution in [3.05, 3.63) is 0 Å². The van der Waals surface area contributed by atoms with E-state index in [2.05, 4.69) is 30.9 Å². The van der Waals surface area contributed by atoms with Crippen molar-refractivity contribution in [2.45, 2.75) is 38.1 Å². The Morgan fingerprint density at radius 1 is 1.18 bits per heavy atom. The molecule has 0 spiro atoms. The van der Waals surface area contributed by atoms with Gasteiger partial charge < -0.3 is 9.80 Å². The van der Waals surface area contributed by atoms with Crippen LogP contribution in [0, 0.1) is 11.8 Å². The fourth-order valence-corrected chi connectivity index (χ4v) is 3.78. The van der Waals surface area contributed by atoms with E-state index in [4.69, 9.17) is 0 Å². The van der Waals surface area contributed by atoms with Crippen molar-refractivity contribution in [3.63, 3.8) is 0 Å². The summed E-state index contributed by atoms with van der Waals surface area (Å²) in [6.07, 6.45) is 5.18. The highest BCUT2D eigenvalue weighted by molar-refractivity contribution is 5.79. The Balaban J connectivity index is 1.99. The predicted molar refractivity (Wildman–Crippen MR) is 70.0 cm³/mol. The number of nitrogens with zero attached hydrogens (tertiary/aromatic N) is 2. The van der Waals surface area contributed by atoms with Crippen LogP contribution in [-0.4, -0.2) is 55.9 Å². The molecule has 2 unspecified atom stereocenters. The van der Waals surface area contributed by atoms with E-state index in [0.717, 1.165) is 37.5 Å². The van der Waals surface area contributed by atoms with Crippen molar-refractivity contribution in [1.82, 2.24) is 9.80 Å². The molecule has 0 bridgehead atoms. The number of ketones is 1. The maximum absolute atomic E-state index is 11.4. The van der Waals surface area contributed by atoms with Gasteiger partial charge in [0.25, 0.3) is 0 Å². The molecule has 3 heteroatoms. The maximum Gasteiger partial charge on any atom is 0.132 e. The van der Waals surface area contributed by atoms with Crippen molar-refractivity contribution in [3.8, 4) is 0 Å². The zero-order chi connectivity index (χ0) is 12.4. The van der Waals surface area contributed by atoms with E-state index in [-0.39, 0.29) is 0 Å². The Morgan fingerprint density at radius 3 is 2.29 bits per heavy atom. The molecule has 0 aromatic rings. The Hall–Kier alpha value is -0.410. The molecule has 1 heterocycles. The van der Waals surface area contributed by atoms with E-state index in [9.17, 15) is 4.79 Å². The summed E-state index contributed by atoms with van der Waals surface area (Å²) in [5, 5.41) is 0. The van der Waals surface area contributed by atoms with Gasteiger partial charge in [-0.1, -0.05) is 0 Å². The first-order chi connectivity index (χ1) is 8.08. The zero-order valence-corrected chi connectivity index (χ0v) is 11.5. The van der Waals surface area contributed by atoms with Crippen molar-refractivity contribution < 1.29 is 4.79 Å². The van der Waals surface area contributed by atoms with Crippen molar-refractivity contribution >= 4 is 5.78 Å². The molecule has 0 aromatic carbocycles. The Bertz CT molecular complexity index is 267. The van der Waals surface area contributed by atoms with Crippen LogP contribution in [0.5, 0.6) is 0 Å². The molecule has 0 amide bonds. The molecular weight excluding hydrogens is 212 g/mol. The molecule has 2 aliphatic rings. The molecule has 2 atom stereocenters. The third kappa shape index (κ3) is 3.08. The van der Waals surface area contributed by atoms with Crippen LogP contribution in [0.15, 0.2) is 0 Å². The van der Waals surface area contributed by atoms with Gasteiger partial charge in [0.15, 0.2) is 0 Å². The summed E-state index contributed by atoms with van der Waals surface area (Å²) in [6.45, 7) is 2.47. The van der Waals surface area contributed by atoms with Crippen LogP contribution in [0.4, 0.5) is 0 Å². The molecule has 98 valence electrons. The number of hydrogen-bond acceptors (Lipinski definition) is 3. The predicted octanol–water partition coefficient (Wildman–Crippen LogP) is 1.63. The molecular formula is C14H26N2O. The Labute approximate surface area is 105 Å². The van der Waals surface area contributed by atoms with Crippen LogP contribution in [0.2, 0.25) is 0 Å². The zero-order valence-electron chi connectivity index (χ0n) is 11.5. The maximum atomic E-state index is 11.4. The number of Topliss-reactive ketones (excluding diaryl/α,β-unsaturated/α-hetero) is 1. The van der Waals surface area contributed by atoms with E-state index in [1.165, 1.54) is 19.5 Å². The number of hydrogen-bond donors (Lipinski definition) is 0. The molecule has 2 rings (SSSR count). The molecule has 1 saturated heterocycles. The second-order valence-electron chi connectivity index (χ2n) is 6.14. The molecule has 0 aromatic heterocycles. The summed E-state index contributed by atoms with van der Waals surface area (Å²) in [6, 6.07) is 0.674. The number of carbonyl (C=O) groups excluding carboxylic acids is 1. The minimum absolute atomic E-state index is 0.474. The van der Waals surface area contributed by atoms with Gasteiger partial charge in [-0.25, -0.2) is 0 Å². The summed E-state index contributed by atoms with van der Waals surface area (Å²) < 4.78 is 0. The van der Waals surface area contributed by atoms with Gasteiger partial charge in [0.05, 0.1) is 0 Å². The van der Waals surface area contributed by atoms with Crippen LogP contribution in [0.25, 0.3) is 0 Å². The summed E-state index contributed by atoms with van der Waals surface area (Å²) in [5.41, 5.74) is 0. The molecule has 17 heavy (non-hydrogen) atoms. The molecule has 1 aliphatic heterocycles. The lowest BCUT2D eigenvalue weighted by Crippen LogP contribution is -2.43. The SMILES string of the molecule is CN1CCC(C(C2CCC(=O)CC2)N(C)C)C1. The largest absolute Gasteiger partial charge is 0.306 e. The lowest BCUT2D eigenvalue weighted by Gasteiger charge is -2.38. The van der Waals surface area contributed by atoms with E-state index < -0.39 is 0 Å². The van der Waals surface area contributed by atoms with Crippen LogP contribution < -0.4 is 0 Å². The van der Waals surface area contributed by atoms with Crippen LogP contribution in [-0.2, 0) is 4.79 Å². The minimum Gasteiger partial charge on any atom is -0.306 e. The summed E-state index contributed by atoms with van der Waals surface area (Å²) >= 11 is 0. The summed E-state index contributed by atoms with van der Waals surface area (Å²) in [5.74, 6) is 2.01. The first-order valence-corrected chi connectivity index (χ1v) is 6.94. The molecule has 1 saturated carbocycles. The average Bonchev–Trinajstić information content (AvgIpc) is 2.68. The van der Waals surface area contributed by atoms with Gasteiger partial charge >= 0.3 is 0 Å². The molecule has 1 aliphatic carbocycles. The highest BCUT2D eigenvalue weighted by atomic mass is 16.1. The smallest absolute Gasteiger partial charge is 0.132 e. The Kier molecular flexibility index (Phi) is 4.21. The van der Waals surface area contributed by atoms with Gasteiger partial charge in [-0.3, -0.25) is 4.79 Å². The molecule has 2 fully saturated rings. The van der Waals surface area contributed by atoms with Crippen LogP contribution >= 0.6 is 0 Å². The van der Waals surface area contributed by atoms with Gasteiger partial charge in [0.1, 0.15) is 5.78 Å². The number of likely N-dealkylation sites (tertiary alicyclic amines) is 1. The second kappa shape index (κ2) is 5.49. The quantitative estimate of drug-likeness (QED) is 0.746. The third-order valence-corrected chi connectivity index (χ3v) is 4.58. The van der Waals surface area contributed by atoms with E-state index in [1.807, 2.05) is 0 Å². The fourth-order valence-electron chi connectivity index (χ4n) is 3.78. The van der Waals surface area contributed by atoms with Crippen LogP contribution in [0.3, 0.4) is 0 Å². The summed E-state index contributed by atoms with van der Waals surface area (Å²) in [7, 11) is 6.63. The normalized spacial score (nSPS) is 30.1. The van der Waals surface area contributed by atoms with Crippen molar-refractivity contribution in [2.24, 2.45) is 11.8 Å². The number of rotatable bonds is 3. The Morgan fingerprint density at radius 2 is 1.82 bits per heavy atom. The lowest BCUT2D eigenvalue weighted by molar-refractivity contribution is -0.121. The topological polar surface area (TPSA) is 23.6 Å². The fraction of sp³-hybridized carbons (Fsp3) is 0.929. The highest BCUT2D eigenvalue weighted by Crippen LogP contribution is 2.33. The van der Waals surface area contributed by atoms with Crippen molar-refractivity contribution in [1.29, 1.82) is 0 Å². The first-order valence-electron chi connectivity index (χ1n) is 6.94. The molecule has 3 nitrogen and oxygen atoms in total. The number of carbonyl (C=O) groups is 1. The minimum atomic E-state index is 0.474. The monoisotopic (exact) mass is 238 g/mol. The molecule has 0 N–H and O–H groups in total. The van der Waals surface area contributed by atoms with Gasteiger partial charge in [-0.15, -0.1) is 0 Å². The van der Waals surface area contributed by atoms with E-state index >= 15 is 0 Å². The van der Waals surface area contributed by atoms with Gasteiger partial charge in [0.2, 0.25) is 0 Å². The molecule has 0 radical (unpaired) electrons. The second-order valence-corrected chi connectivity index (χ2v) is 6.14. The standard InChI is InChI=1S/C14H26N2O/c1-15(2)14(12-8-9-16(3)10-12)11-4-6-13(17)7-5-11/h11-12,14H,4-10H2,1-3H3. The summed E-state index contributed by atoms with van der Waals surface area (Å²) in [4.78, 5) is 16.2. The van der Waals surface area contributed by atoms with Gasteiger partial charge in [-0.05, 0) is 58.8 Å². The van der Waals surface area contributed by atoms with Crippen molar-refractivity contribution in [2.75, 3.05) is 34.2 Å². The lowest BCUT2D eigenvalue weighted by atomic mass is 9.77. The average molecular weight is 238 g/mol. The third-order valence-electron chi connectivity index (χ3n) is 4.58.